The number of aliphatic carboxylic acids is 1. The molecule has 9 heteroatoms. The van der Waals surface area contributed by atoms with Crippen molar-refractivity contribution in [3.05, 3.63) is 52.0 Å². The Balaban J connectivity index is 1.70. The monoisotopic (exact) mass is 522 g/mol. The molecule has 4 rings (SSSR count). The highest BCUT2D eigenvalue weighted by Crippen LogP contribution is 2.42. The van der Waals surface area contributed by atoms with E-state index >= 15 is 0 Å². The summed E-state index contributed by atoms with van der Waals surface area (Å²) < 4.78 is 17.5. The number of likely N-dealkylation sites (tertiary alicyclic amines) is 1. The van der Waals surface area contributed by atoms with Crippen molar-refractivity contribution < 1.29 is 24.1 Å². The molecule has 190 valence electrons. The number of rotatable bonds is 8. The van der Waals surface area contributed by atoms with Crippen LogP contribution in [0.5, 0.6) is 17.2 Å². The van der Waals surface area contributed by atoms with E-state index in [4.69, 9.17) is 37.4 Å². The molecule has 0 saturated carbocycles. The third-order valence-electron chi connectivity index (χ3n) is 7.04. The molecule has 35 heavy (non-hydrogen) atoms. The molecule has 2 aromatic rings. The first-order valence-electron chi connectivity index (χ1n) is 11.9. The van der Waals surface area contributed by atoms with Gasteiger partial charge in [0.15, 0.2) is 0 Å². The van der Waals surface area contributed by atoms with Gasteiger partial charge in [-0.3, -0.25) is 9.69 Å². The number of piperidine rings is 2. The number of carboxylic acids is 1. The maximum atomic E-state index is 12.9. The second kappa shape index (κ2) is 11.7. The van der Waals surface area contributed by atoms with Crippen molar-refractivity contribution in [1.29, 1.82) is 0 Å². The number of nitrogens with zero attached hydrogens (tertiary/aromatic N) is 1. The molecule has 0 bridgehead atoms. The van der Waals surface area contributed by atoms with Crippen LogP contribution >= 0.6 is 23.2 Å². The molecule has 3 atom stereocenters. The van der Waals surface area contributed by atoms with Crippen LogP contribution in [0.4, 0.5) is 0 Å². The average molecular weight is 523 g/mol. The summed E-state index contributed by atoms with van der Waals surface area (Å²) in [6.45, 7) is 2.59. The van der Waals surface area contributed by atoms with Gasteiger partial charge in [-0.1, -0.05) is 29.3 Å². The van der Waals surface area contributed by atoms with E-state index in [1.165, 1.54) is 0 Å². The van der Waals surface area contributed by atoms with Gasteiger partial charge in [0.25, 0.3) is 0 Å². The zero-order valence-corrected chi connectivity index (χ0v) is 21.5. The van der Waals surface area contributed by atoms with Gasteiger partial charge >= 0.3 is 5.97 Å². The van der Waals surface area contributed by atoms with E-state index < -0.39 is 11.9 Å². The van der Waals surface area contributed by atoms with E-state index in [9.17, 15) is 9.90 Å². The van der Waals surface area contributed by atoms with Gasteiger partial charge in [0, 0.05) is 31.1 Å². The summed E-state index contributed by atoms with van der Waals surface area (Å²) >= 11 is 12.3. The normalized spacial score (nSPS) is 22.4. The minimum Gasteiger partial charge on any atom is -0.496 e. The number of methoxy groups -OCH3 is 2. The number of hydrogen-bond donors (Lipinski definition) is 2. The molecule has 2 aliphatic rings. The fraction of sp³-hybridized carbons (Fsp3) is 0.500. The average Bonchev–Trinajstić information content (AvgIpc) is 2.87. The first kappa shape index (κ1) is 25.9. The van der Waals surface area contributed by atoms with Gasteiger partial charge in [-0.15, -0.1) is 0 Å². The summed E-state index contributed by atoms with van der Waals surface area (Å²) in [5, 5.41) is 14.9. The Morgan fingerprint density at radius 1 is 1.06 bits per heavy atom. The molecule has 2 fully saturated rings. The molecule has 0 amide bonds. The molecule has 3 unspecified atom stereocenters. The lowest BCUT2D eigenvalue weighted by Crippen LogP contribution is -2.56. The molecule has 7 nitrogen and oxygen atoms in total. The van der Waals surface area contributed by atoms with Gasteiger partial charge in [-0.05, 0) is 56.6 Å². The van der Waals surface area contributed by atoms with E-state index in [0.29, 0.717) is 45.3 Å². The molecule has 0 spiro atoms. The number of carbonyl (C=O) groups is 1. The van der Waals surface area contributed by atoms with Gasteiger partial charge in [0.2, 0.25) is 0 Å². The summed E-state index contributed by atoms with van der Waals surface area (Å²) in [4.78, 5) is 15.3. The fourth-order valence-corrected chi connectivity index (χ4v) is 5.71. The van der Waals surface area contributed by atoms with Crippen LogP contribution in [0.1, 0.15) is 37.2 Å². The lowest BCUT2D eigenvalue weighted by atomic mass is 9.81. The molecule has 0 aromatic heterocycles. The summed E-state index contributed by atoms with van der Waals surface area (Å²) in [6.07, 6.45) is 3.12. The van der Waals surface area contributed by atoms with Crippen LogP contribution in [0.15, 0.2) is 36.4 Å². The standard InChI is InChI=1S/C26H32Cl2N2O5/c1-33-22-4-3-5-23(34-2)25(22)24(26(31)32)21-15-18(35-17-6-7-19(27)20(28)14-17)10-13-30(21)16-8-11-29-12-9-16/h3-7,14,16,18,21,24,29H,8-13,15H2,1-2H3,(H,31,32). The second-order valence-electron chi connectivity index (χ2n) is 9.02. The molecule has 2 aliphatic heterocycles. The Morgan fingerprint density at radius 2 is 1.74 bits per heavy atom. The molecular formula is C26H32Cl2N2O5. The number of carboxylic acid groups (broad SMARTS) is 1. The predicted molar refractivity (Wildman–Crippen MR) is 136 cm³/mol. The third kappa shape index (κ3) is 5.80. The minimum atomic E-state index is -0.910. The van der Waals surface area contributed by atoms with Crippen LogP contribution in [0.25, 0.3) is 0 Å². The molecule has 2 N–H and O–H groups in total. The molecule has 0 aliphatic carbocycles. The van der Waals surface area contributed by atoms with Gasteiger partial charge in [-0.25, -0.2) is 0 Å². The summed E-state index contributed by atoms with van der Waals surface area (Å²) in [5.41, 5.74) is 0.559. The largest absolute Gasteiger partial charge is 0.496 e. The van der Waals surface area contributed by atoms with Crippen molar-refractivity contribution in [3.63, 3.8) is 0 Å². The van der Waals surface area contributed by atoms with Crippen molar-refractivity contribution >= 4 is 29.2 Å². The van der Waals surface area contributed by atoms with Crippen LogP contribution in [-0.4, -0.2) is 68.0 Å². The highest BCUT2D eigenvalue weighted by atomic mass is 35.5. The number of halogens is 2. The van der Waals surface area contributed by atoms with Crippen molar-refractivity contribution in [2.75, 3.05) is 33.9 Å². The quantitative estimate of drug-likeness (QED) is 0.513. The highest BCUT2D eigenvalue weighted by Gasteiger charge is 2.44. The SMILES string of the molecule is COc1cccc(OC)c1C(C(=O)O)C1CC(Oc2ccc(Cl)c(Cl)c2)CCN1C1CCNCC1. The lowest BCUT2D eigenvalue weighted by Gasteiger charge is -2.47. The Kier molecular flexibility index (Phi) is 8.65. The minimum absolute atomic E-state index is 0.169. The maximum Gasteiger partial charge on any atom is 0.312 e. The van der Waals surface area contributed by atoms with E-state index in [1.54, 1.807) is 44.6 Å². The van der Waals surface area contributed by atoms with Crippen molar-refractivity contribution in [1.82, 2.24) is 10.2 Å². The van der Waals surface area contributed by atoms with Gasteiger partial charge in [0.05, 0.1) is 29.8 Å². The number of nitrogens with one attached hydrogen (secondary N) is 1. The fourth-order valence-electron chi connectivity index (χ4n) is 5.42. The highest BCUT2D eigenvalue weighted by molar-refractivity contribution is 6.42. The summed E-state index contributed by atoms with van der Waals surface area (Å²) in [7, 11) is 3.11. The van der Waals surface area contributed by atoms with E-state index in [1.807, 2.05) is 6.07 Å². The van der Waals surface area contributed by atoms with Crippen LogP contribution in [-0.2, 0) is 4.79 Å². The molecule has 2 heterocycles. The Morgan fingerprint density at radius 3 is 2.34 bits per heavy atom. The lowest BCUT2D eigenvalue weighted by molar-refractivity contribution is -0.142. The predicted octanol–water partition coefficient (Wildman–Crippen LogP) is 4.84. The van der Waals surface area contributed by atoms with Crippen molar-refractivity contribution in [2.45, 2.75) is 49.8 Å². The zero-order chi connectivity index (χ0) is 24.9. The van der Waals surface area contributed by atoms with Crippen LogP contribution in [0.2, 0.25) is 10.0 Å². The molecule has 2 aromatic carbocycles. The van der Waals surface area contributed by atoms with Gasteiger partial charge in [0.1, 0.15) is 29.3 Å². The van der Waals surface area contributed by atoms with Crippen LogP contribution < -0.4 is 19.5 Å². The van der Waals surface area contributed by atoms with Crippen molar-refractivity contribution in [2.24, 2.45) is 0 Å². The Bertz CT molecular complexity index is 1010. The summed E-state index contributed by atoms with van der Waals surface area (Å²) in [6, 6.07) is 10.6. The first-order valence-corrected chi connectivity index (χ1v) is 12.7. The second-order valence-corrected chi connectivity index (χ2v) is 9.83. The topological polar surface area (TPSA) is 80.3 Å². The van der Waals surface area contributed by atoms with Gasteiger partial charge < -0.3 is 24.6 Å². The zero-order valence-electron chi connectivity index (χ0n) is 20.0. The first-order chi connectivity index (χ1) is 16.9. The van der Waals surface area contributed by atoms with E-state index in [0.717, 1.165) is 38.9 Å². The van der Waals surface area contributed by atoms with Crippen LogP contribution in [0, 0.1) is 0 Å². The maximum absolute atomic E-state index is 12.9. The smallest absolute Gasteiger partial charge is 0.312 e. The van der Waals surface area contributed by atoms with E-state index in [-0.39, 0.29) is 12.1 Å². The summed E-state index contributed by atoms with van der Waals surface area (Å²) in [5.74, 6) is -0.118. The number of benzene rings is 2. The third-order valence-corrected chi connectivity index (χ3v) is 7.78. The van der Waals surface area contributed by atoms with E-state index in [2.05, 4.69) is 10.2 Å². The van der Waals surface area contributed by atoms with Gasteiger partial charge in [-0.2, -0.15) is 0 Å². The Hall–Kier alpha value is -2.19. The number of hydrogen-bond acceptors (Lipinski definition) is 6. The van der Waals surface area contributed by atoms with Crippen molar-refractivity contribution in [3.8, 4) is 17.2 Å². The molecular weight excluding hydrogens is 491 g/mol. The molecule has 2 saturated heterocycles. The van der Waals surface area contributed by atoms with Crippen LogP contribution in [0.3, 0.4) is 0 Å². The Labute approximate surface area is 216 Å². The molecule has 0 radical (unpaired) electrons. The number of ether oxygens (including phenoxy) is 3.